The van der Waals surface area contributed by atoms with Gasteiger partial charge in [0.25, 0.3) is 0 Å². The molecular formula is C11H15ClN2O2. The molecule has 0 fully saturated rings. The summed E-state index contributed by atoms with van der Waals surface area (Å²) < 4.78 is 5.28. The van der Waals surface area contributed by atoms with Gasteiger partial charge in [-0.2, -0.15) is 0 Å². The summed E-state index contributed by atoms with van der Waals surface area (Å²) in [5, 5.41) is 5.29. The van der Waals surface area contributed by atoms with Gasteiger partial charge in [0, 0.05) is 18.1 Å². The second-order valence-electron chi connectivity index (χ2n) is 3.03. The molecule has 0 aliphatic carbocycles. The Morgan fingerprint density at radius 1 is 1.38 bits per heavy atom. The first-order chi connectivity index (χ1) is 7.76. The molecule has 16 heavy (non-hydrogen) atoms. The summed E-state index contributed by atoms with van der Waals surface area (Å²) in [6.07, 6.45) is 0. The van der Waals surface area contributed by atoms with Crippen LogP contribution in [0.5, 0.6) is 5.75 Å². The van der Waals surface area contributed by atoms with Gasteiger partial charge in [0.1, 0.15) is 5.75 Å². The van der Waals surface area contributed by atoms with Crippen LogP contribution in [0.2, 0.25) is 0 Å². The molecule has 0 saturated heterocycles. The Morgan fingerprint density at radius 2 is 2.06 bits per heavy atom. The quantitative estimate of drug-likeness (QED) is 0.780. The molecule has 0 atom stereocenters. The lowest BCUT2D eigenvalue weighted by molar-refractivity contribution is 0.252. The van der Waals surface area contributed by atoms with Gasteiger partial charge in [0.05, 0.1) is 6.61 Å². The van der Waals surface area contributed by atoms with E-state index in [2.05, 4.69) is 10.6 Å². The van der Waals surface area contributed by atoms with Crippen LogP contribution in [-0.2, 0) is 0 Å². The summed E-state index contributed by atoms with van der Waals surface area (Å²) >= 11 is 5.45. The van der Waals surface area contributed by atoms with Crippen LogP contribution in [-0.4, -0.2) is 25.1 Å². The average Bonchev–Trinajstić information content (AvgIpc) is 2.29. The Kier molecular flexibility index (Phi) is 5.50. The van der Waals surface area contributed by atoms with Crippen LogP contribution in [0.15, 0.2) is 24.3 Å². The Balaban J connectivity index is 2.45. The first-order valence-electron chi connectivity index (χ1n) is 5.10. The predicted octanol–water partition coefficient (Wildman–Crippen LogP) is 2.45. The fraction of sp³-hybridized carbons (Fsp3) is 0.364. The van der Waals surface area contributed by atoms with Crippen LogP contribution in [0.3, 0.4) is 0 Å². The van der Waals surface area contributed by atoms with Crippen molar-refractivity contribution in [3.63, 3.8) is 0 Å². The molecule has 0 aliphatic rings. The van der Waals surface area contributed by atoms with Crippen LogP contribution in [0.4, 0.5) is 10.5 Å². The van der Waals surface area contributed by atoms with Crippen molar-refractivity contribution in [3.05, 3.63) is 24.3 Å². The molecule has 0 radical (unpaired) electrons. The highest BCUT2D eigenvalue weighted by Crippen LogP contribution is 2.15. The Morgan fingerprint density at radius 3 is 2.62 bits per heavy atom. The smallest absolute Gasteiger partial charge is 0.319 e. The molecular weight excluding hydrogens is 228 g/mol. The van der Waals surface area contributed by atoms with Crippen molar-refractivity contribution in [3.8, 4) is 5.75 Å². The summed E-state index contributed by atoms with van der Waals surface area (Å²) in [6.45, 7) is 3.00. The first-order valence-corrected chi connectivity index (χ1v) is 5.63. The van der Waals surface area contributed by atoms with Gasteiger partial charge in [-0.15, -0.1) is 11.6 Å². The van der Waals surface area contributed by atoms with Crippen molar-refractivity contribution in [1.82, 2.24) is 5.32 Å². The third-order valence-electron chi connectivity index (χ3n) is 1.80. The topological polar surface area (TPSA) is 50.4 Å². The van der Waals surface area contributed by atoms with Crippen molar-refractivity contribution in [2.24, 2.45) is 0 Å². The van der Waals surface area contributed by atoms with Crippen molar-refractivity contribution in [2.75, 3.05) is 24.3 Å². The fourth-order valence-corrected chi connectivity index (χ4v) is 1.23. The third-order valence-corrected chi connectivity index (χ3v) is 1.99. The lowest BCUT2D eigenvalue weighted by Crippen LogP contribution is -2.30. The van der Waals surface area contributed by atoms with Gasteiger partial charge < -0.3 is 15.4 Å². The minimum absolute atomic E-state index is 0.259. The van der Waals surface area contributed by atoms with Gasteiger partial charge in [-0.05, 0) is 31.2 Å². The van der Waals surface area contributed by atoms with E-state index in [0.29, 0.717) is 19.0 Å². The number of amides is 2. The molecule has 0 saturated carbocycles. The molecule has 0 spiro atoms. The highest BCUT2D eigenvalue weighted by molar-refractivity contribution is 6.18. The fourth-order valence-electron chi connectivity index (χ4n) is 1.14. The third kappa shape index (κ3) is 4.40. The van der Waals surface area contributed by atoms with Crippen molar-refractivity contribution in [2.45, 2.75) is 6.92 Å². The molecule has 2 amide bonds. The number of carbonyl (C=O) groups is 1. The van der Waals surface area contributed by atoms with Crippen LogP contribution < -0.4 is 15.4 Å². The van der Waals surface area contributed by atoms with E-state index in [0.717, 1.165) is 11.4 Å². The lowest BCUT2D eigenvalue weighted by Gasteiger charge is -2.07. The maximum absolute atomic E-state index is 11.3. The molecule has 0 unspecified atom stereocenters. The number of ether oxygens (including phenoxy) is 1. The minimum Gasteiger partial charge on any atom is -0.494 e. The van der Waals surface area contributed by atoms with Gasteiger partial charge in [0.2, 0.25) is 0 Å². The molecule has 0 bridgehead atoms. The predicted molar refractivity (Wildman–Crippen MR) is 65.4 cm³/mol. The standard InChI is InChI=1S/C11H15ClN2O2/c1-2-16-10-5-3-9(4-6-10)14-11(15)13-8-7-12/h3-6H,2,7-8H2,1H3,(H2,13,14,15). The second-order valence-corrected chi connectivity index (χ2v) is 3.41. The number of nitrogens with one attached hydrogen (secondary N) is 2. The number of hydrogen-bond acceptors (Lipinski definition) is 2. The van der Waals surface area contributed by atoms with E-state index in [1.165, 1.54) is 0 Å². The molecule has 1 aromatic rings. The molecule has 0 aromatic heterocycles. The van der Waals surface area contributed by atoms with Crippen molar-refractivity contribution >= 4 is 23.3 Å². The van der Waals surface area contributed by atoms with E-state index >= 15 is 0 Å². The van der Waals surface area contributed by atoms with Gasteiger partial charge in [-0.1, -0.05) is 0 Å². The first kappa shape index (κ1) is 12.6. The molecule has 0 heterocycles. The van der Waals surface area contributed by atoms with Crippen LogP contribution in [0.1, 0.15) is 6.92 Å². The summed E-state index contributed by atoms with van der Waals surface area (Å²) in [6, 6.07) is 6.92. The normalized spacial score (nSPS) is 9.62. The summed E-state index contributed by atoms with van der Waals surface area (Å²) in [5.41, 5.74) is 0.718. The SMILES string of the molecule is CCOc1ccc(NC(=O)NCCCl)cc1. The second kappa shape index (κ2) is 6.95. The molecule has 2 N–H and O–H groups in total. The summed E-state index contributed by atoms with van der Waals surface area (Å²) in [7, 11) is 0. The molecule has 4 nitrogen and oxygen atoms in total. The Labute approximate surface area is 99.9 Å². The summed E-state index contributed by atoms with van der Waals surface area (Å²) in [5.74, 6) is 1.19. The van der Waals surface area contributed by atoms with E-state index in [1.54, 1.807) is 24.3 Å². The maximum Gasteiger partial charge on any atom is 0.319 e. The minimum atomic E-state index is -0.259. The zero-order valence-electron chi connectivity index (χ0n) is 9.13. The molecule has 1 rings (SSSR count). The number of halogens is 1. The number of alkyl halides is 1. The van der Waals surface area contributed by atoms with Gasteiger partial charge >= 0.3 is 6.03 Å². The van der Waals surface area contributed by atoms with E-state index in [-0.39, 0.29) is 6.03 Å². The zero-order valence-corrected chi connectivity index (χ0v) is 9.88. The Hall–Kier alpha value is -1.42. The number of carbonyl (C=O) groups excluding carboxylic acids is 1. The van der Waals surface area contributed by atoms with Gasteiger partial charge in [-0.25, -0.2) is 4.79 Å². The van der Waals surface area contributed by atoms with Gasteiger partial charge in [-0.3, -0.25) is 0 Å². The number of urea groups is 1. The van der Waals surface area contributed by atoms with Crippen LogP contribution in [0, 0.1) is 0 Å². The largest absolute Gasteiger partial charge is 0.494 e. The van der Waals surface area contributed by atoms with Crippen LogP contribution >= 0.6 is 11.6 Å². The lowest BCUT2D eigenvalue weighted by atomic mass is 10.3. The van der Waals surface area contributed by atoms with E-state index in [9.17, 15) is 4.79 Å². The molecule has 1 aromatic carbocycles. The highest BCUT2D eigenvalue weighted by Gasteiger charge is 2.00. The molecule has 88 valence electrons. The maximum atomic E-state index is 11.3. The van der Waals surface area contributed by atoms with Crippen LogP contribution in [0.25, 0.3) is 0 Å². The average molecular weight is 243 g/mol. The van der Waals surface area contributed by atoms with Crippen molar-refractivity contribution < 1.29 is 9.53 Å². The monoisotopic (exact) mass is 242 g/mol. The number of rotatable bonds is 5. The summed E-state index contributed by atoms with van der Waals surface area (Å²) in [4.78, 5) is 11.3. The molecule has 0 aliphatic heterocycles. The van der Waals surface area contributed by atoms with E-state index < -0.39 is 0 Å². The Bertz CT molecular complexity index is 327. The highest BCUT2D eigenvalue weighted by atomic mass is 35.5. The van der Waals surface area contributed by atoms with E-state index in [1.807, 2.05) is 6.92 Å². The number of anilines is 1. The molecule has 5 heteroatoms. The van der Waals surface area contributed by atoms with Crippen molar-refractivity contribution in [1.29, 1.82) is 0 Å². The number of benzene rings is 1. The van der Waals surface area contributed by atoms with E-state index in [4.69, 9.17) is 16.3 Å². The zero-order chi connectivity index (χ0) is 11.8. The number of hydrogen-bond donors (Lipinski definition) is 2. The van der Waals surface area contributed by atoms with Gasteiger partial charge in [0.15, 0.2) is 0 Å².